The van der Waals surface area contributed by atoms with E-state index in [0.717, 1.165) is 33.9 Å². The topological polar surface area (TPSA) is 35.5 Å². The van der Waals surface area contributed by atoms with Crippen molar-refractivity contribution < 1.29 is 14.3 Å². The highest BCUT2D eigenvalue weighted by Crippen LogP contribution is 2.37. The molecule has 1 saturated carbocycles. The highest BCUT2D eigenvalue weighted by Gasteiger charge is 2.19. The fourth-order valence-corrected chi connectivity index (χ4v) is 3.62. The predicted molar refractivity (Wildman–Crippen MR) is 73.7 cm³/mol. The van der Waals surface area contributed by atoms with Crippen LogP contribution in [0, 0.1) is 0 Å². The molecular formula is C11H12Br2O3S. The molecule has 1 aliphatic carbocycles. The summed E-state index contributed by atoms with van der Waals surface area (Å²) in [6, 6.07) is 1.75. The summed E-state index contributed by atoms with van der Waals surface area (Å²) < 4.78 is 12.2. The van der Waals surface area contributed by atoms with Crippen LogP contribution < -0.4 is 4.74 Å². The van der Waals surface area contributed by atoms with Crippen LogP contribution in [-0.4, -0.2) is 12.3 Å². The van der Waals surface area contributed by atoms with Crippen molar-refractivity contribution in [2.24, 2.45) is 0 Å². The van der Waals surface area contributed by atoms with Gasteiger partial charge in [0.1, 0.15) is 6.10 Å². The van der Waals surface area contributed by atoms with E-state index in [2.05, 4.69) is 31.9 Å². The molecule has 0 amide bonds. The van der Waals surface area contributed by atoms with Gasteiger partial charge in [0.15, 0.2) is 5.06 Å². The Hall–Kier alpha value is -0.0700. The van der Waals surface area contributed by atoms with Crippen LogP contribution >= 0.6 is 43.2 Å². The van der Waals surface area contributed by atoms with E-state index in [4.69, 9.17) is 9.47 Å². The fraction of sp³-hybridized carbons (Fsp3) is 0.545. The molecule has 0 bridgehead atoms. The molecule has 0 saturated heterocycles. The third kappa shape index (κ3) is 3.96. The van der Waals surface area contributed by atoms with Crippen molar-refractivity contribution in [2.45, 2.75) is 38.2 Å². The molecule has 0 atom stereocenters. The van der Waals surface area contributed by atoms with Gasteiger partial charge in [-0.2, -0.15) is 0 Å². The monoisotopic (exact) mass is 382 g/mol. The number of hydrogen-bond donors (Lipinski definition) is 0. The van der Waals surface area contributed by atoms with Gasteiger partial charge in [-0.1, -0.05) is 17.8 Å². The molecule has 0 unspecified atom stereocenters. The molecule has 0 spiro atoms. The molecule has 2 rings (SSSR count). The zero-order valence-electron chi connectivity index (χ0n) is 9.08. The lowest BCUT2D eigenvalue weighted by molar-refractivity contribution is 0.0425. The van der Waals surface area contributed by atoms with Crippen LogP contribution in [0.2, 0.25) is 0 Å². The van der Waals surface area contributed by atoms with E-state index < -0.39 is 6.16 Å². The number of halogens is 2. The fourth-order valence-electron chi connectivity index (χ4n) is 1.80. The highest BCUT2D eigenvalue weighted by molar-refractivity contribution is 9.13. The Kier molecular flexibility index (Phi) is 4.87. The van der Waals surface area contributed by atoms with Crippen LogP contribution in [0.1, 0.15) is 32.1 Å². The second-order valence-corrected chi connectivity index (χ2v) is 7.10. The summed E-state index contributed by atoms with van der Waals surface area (Å²) in [5, 5.41) is 0.532. The number of thiophene rings is 1. The van der Waals surface area contributed by atoms with Gasteiger partial charge in [0, 0.05) is 10.5 Å². The van der Waals surface area contributed by atoms with Gasteiger partial charge >= 0.3 is 6.16 Å². The molecule has 1 aromatic rings. The molecule has 0 N–H and O–H groups in total. The minimum Gasteiger partial charge on any atom is -0.431 e. The Morgan fingerprint density at radius 1 is 1.29 bits per heavy atom. The minimum atomic E-state index is -0.599. The summed E-state index contributed by atoms with van der Waals surface area (Å²) >= 11 is 8.03. The molecule has 0 aliphatic heterocycles. The second-order valence-electron chi connectivity index (χ2n) is 3.92. The summed E-state index contributed by atoms with van der Waals surface area (Å²) in [5.74, 6) is 0. The minimum absolute atomic E-state index is 0.0306. The third-order valence-corrected chi connectivity index (χ3v) is 5.76. The molecule has 3 nitrogen and oxygen atoms in total. The van der Waals surface area contributed by atoms with Crippen LogP contribution in [0.15, 0.2) is 14.3 Å². The first-order chi connectivity index (χ1) is 8.15. The van der Waals surface area contributed by atoms with Crippen molar-refractivity contribution in [3.63, 3.8) is 0 Å². The Morgan fingerprint density at radius 2 is 2.00 bits per heavy atom. The van der Waals surface area contributed by atoms with Crippen molar-refractivity contribution in [2.75, 3.05) is 0 Å². The van der Waals surface area contributed by atoms with Gasteiger partial charge in [-0.25, -0.2) is 4.79 Å². The molecule has 94 valence electrons. The smallest absolute Gasteiger partial charge is 0.431 e. The average molecular weight is 384 g/mol. The average Bonchev–Trinajstić information content (AvgIpc) is 2.59. The first kappa shape index (κ1) is 13.4. The lowest BCUT2D eigenvalue weighted by Gasteiger charge is -2.20. The molecular weight excluding hydrogens is 372 g/mol. The van der Waals surface area contributed by atoms with Gasteiger partial charge in [0.25, 0.3) is 0 Å². The maximum atomic E-state index is 11.5. The Bertz CT molecular complexity index is 380. The van der Waals surface area contributed by atoms with E-state index in [1.807, 2.05) is 0 Å². The predicted octanol–water partition coefficient (Wildman–Crippen LogP) is 5.12. The summed E-state index contributed by atoms with van der Waals surface area (Å²) in [7, 11) is 0. The van der Waals surface area contributed by atoms with Gasteiger partial charge in [-0.15, -0.1) is 0 Å². The SMILES string of the molecule is O=C(Oc1cc(Br)c(Br)s1)OC1CCCCC1. The van der Waals surface area contributed by atoms with Gasteiger partial charge < -0.3 is 9.47 Å². The first-order valence-electron chi connectivity index (χ1n) is 5.48. The van der Waals surface area contributed by atoms with Crippen molar-refractivity contribution in [1.29, 1.82) is 0 Å². The number of rotatable bonds is 2. The molecule has 17 heavy (non-hydrogen) atoms. The first-order valence-corrected chi connectivity index (χ1v) is 7.88. The largest absolute Gasteiger partial charge is 0.514 e. The van der Waals surface area contributed by atoms with Gasteiger partial charge in [0.05, 0.1) is 3.79 Å². The number of carbonyl (C=O) groups excluding carboxylic acids is 1. The zero-order chi connectivity index (χ0) is 12.3. The van der Waals surface area contributed by atoms with E-state index in [-0.39, 0.29) is 6.10 Å². The maximum absolute atomic E-state index is 11.5. The third-order valence-electron chi connectivity index (χ3n) is 2.62. The van der Waals surface area contributed by atoms with Crippen molar-refractivity contribution >= 4 is 49.4 Å². The molecule has 0 aromatic carbocycles. The molecule has 1 aromatic heterocycles. The zero-order valence-corrected chi connectivity index (χ0v) is 13.1. The molecule has 1 fully saturated rings. The lowest BCUT2D eigenvalue weighted by Crippen LogP contribution is -2.22. The van der Waals surface area contributed by atoms with E-state index in [9.17, 15) is 4.79 Å². The number of hydrogen-bond acceptors (Lipinski definition) is 4. The van der Waals surface area contributed by atoms with E-state index >= 15 is 0 Å². The van der Waals surface area contributed by atoms with E-state index in [1.54, 1.807) is 6.07 Å². The number of ether oxygens (including phenoxy) is 2. The lowest BCUT2D eigenvalue weighted by atomic mass is 9.98. The van der Waals surface area contributed by atoms with E-state index in [1.165, 1.54) is 17.8 Å². The molecule has 1 heterocycles. The summed E-state index contributed by atoms with van der Waals surface area (Å²) in [6.07, 6.45) is 4.84. The molecule has 0 radical (unpaired) electrons. The Morgan fingerprint density at radius 3 is 2.59 bits per heavy atom. The Balaban J connectivity index is 1.84. The van der Waals surface area contributed by atoms with Gasteiger partial charge in [-0.3, -0.25) is 0 Å². The normalized spacial score (nSPS) is 16.8. The van der Waals surface area contributed by atoms with Crippen LogP contribution in [0.25, 0.3) is 0 Å². The van der Waals surface area contributed by atoms with Crippen molar-refractivity contribution in [3.8, 4) is 5.06 Å². The standard InChI is InChI=1S/C11H12Br2O3S/c12-8-6-9(17-10(8)13)16-11(14)15-7-4-2-1-3-5-7/h6-7H,1-5H2. The van der Waals surface area contributed by atoms with Crippen molar-refractivity contribution in [1.82, 2.24) is 0 Å². The van der Waals surface area contributed by atoms with Gasteiger partial charge in [0.2, 0.25) is 0 Å². The van der Waals surface area contributed by atoms with Crippen LogP contribution in [0.3, 0.4) is 0 Å². The van der Waals surface area contributed by atoms with Crippen LogP contribution in [0.4, 0.5) is 4.79 Å². The molecule has 6 heteroatoms. The second kappa shape index (κ2) is 6.20. The number of carbonyl (C=O) groups is 1. The highest BCUT2D eigenvalue weighted by atomic mass is 79.9. The maximum Gasteiger partial charge on any atom is 0.514 e. The van der Waals surface area contributed by atoms with Crippen LogP contribution in [0.5, 0.6) is 5.06 Å². The quantitative estimate of drug-likeness (QED) is 0.664. The summed E-state index contributed by atoms with van der Waals surface area (Å²) in [4.78, 5) is 11.5. The molecule has 1 aliphatic rings. The van der Waals surface area contributed by atoms with Crippen molar-refractivity contribution in [3.05, 3.63) is 14.3 Å². The Labute approximate surface area is 121 Å². The summed E-state index contributed by atoms with van der Waals surface area (Å²) in [5.41, 5.74) is 0. The van der Waals surface area contributed by atoms with Crippen LogP contribution in [-0.2, 0) is 4.74 Å². The summed E-state index contributed by atoms with van der Waals surface area (Å²) in [6.45, 7) is 0. The van der Waals surface area contributed by atoms with Gasteiger partial charge in [-0.05, 0) is 57.5 Å². The van der Waals surface area contributed by atoms with E-state index in [0.29, 0.717) is 5.06 Å².